The summed E-state index contributed by atoms with van der Waals surface area (Å²) in [5.74, 6) is 0.254. The highest BCUT2D eigenvalue weighted by molar-refractivity contribution is 5.92. The van der Waals surface area contributed by atoms with Gasteiger partial charge in [-0.2, -0.15) is 0 Å². The Labute approximate surface area is 201 Å². The molecule has 0 radical (unpaired) electrons. The van der Waals surface area contributed by atoms with Crippen molar-refractivity contribution < 1.29 is 18.7 Å². The topological polar surface area (TPSA) is 75.0 Å². The van der Waals surface area contributed by atoms with Crippen LogP contribution in [0.4, 0.5) is 11.4 Å². The van der Waals surface area contributed by atoms with Crippen LogP contribution in [0.25, 0.3) is 0 Å². The number of methoxy groups -OCH3 is 1. The largest absolute Gasteiger partial charge is 0.467 e. The Hall–Kier alpha value is -3.58. The minimum atomic E-state index is -0.261. The fourth-order valence-corrected chi connectivity index (χ4v) is 4.02. The van der Waals surface area contributed by atoms with Crippen LogP contribution in [0, 0.1) is 0 Å². The molecule has 0 aliphatic heterocycles. The van der Waals surface area contributed by atoms with Gasteiger partial charge in [-0.3, -0.25) is 9.59 Å². The maximum Gasteiger partial charge on any atom is 0.250 e. The van der Waals surface area contributed by atoms with Crippen LogP contribution in [0.3, 0.4) is 0 Å². The zero-order valence-corrected chi connectivity index (χ0v) is 20.3. The first-order valence-corrected chi connectivity index (χ1v) is 11.4. The zero-order chi connectivity index (χ0) is 24.5. The Kier molecular flexibility index (Phi) is 8.87. The molecule has 1 atom stereocenters. The fourth-order valence-electron chi connectivity index (χ4n) is 4.02. The molecule has 1 N–H and O–H groups in total. The van der Waals surface area contributed by atoms with Gasteiger partial charge in [-0.25, -0.2) is 0 Å². The number of ether oxygens (including phenoxy) is 1. The lowest BCUT2D eigenvalue weighted by atomic mass is 9.94. The van der Waals surface area contributed by atoms with Gasteiger partial charge >= 0.3 is 0 Å². The summed E-state index contributed by atoms with van der Waals surface area (Å²) < 4.78 is 10.5. The molecule has 34 heavy (non-hydrogen) atoms. The minimum absolute atomic E-state index is 0.0247. The van der Waals surface area contributed by atoms with Crippen molar-refractivity contribution in [1.29, 1.82) is 0 Å². The van der Waals surface area contributed by atoms with E-state index in [4.69, 9.17) is 9.15 Å². The Bertz CT molecular complexity index is 1060. The van der Waals surface area contributed by atoms with Crippen molar-refractivity contribution in [3.05, 3.63) is 83.8 Å². The first-order valence-electron chi connectivity index (χ1n) is 11.4. The molecule has 3 rings (SSSR count). The molecular formula is C27H33N3O4. The number of nitrogens with one attached hydrogen (secondary N) is 1. The Morgan fingerprint density at radius 1 is 1.03 bits per heavy atom. The van der Waals surface area contributed by atoms with Gasteiger partial charge in [-0.1, -0.05) is 37.3 Å². The van der Waals surface area contributed by atoms with Crippen molar-refractivity contribution in [1.82, 2.24) is 4.90 Å². The third-order valence-electron chi connectivity index (χ3n) is 5.63. The average Bonchev–Trinajstić information content (AvgIpc) is 3.33. The molecule has 2 aromatic carbocycles. The molecule has 0 aliphatic carbocycles. The number of hydrogen-bond acceptors (Lipinski definition) is 5. The number of furan rings is 1. The number of carbonyl (C=O) groups excluding carboxylic acids is 2. The summed E-state index contributed by atoms with van der Waals surface area (Å²) in [5, 5.41) is 2.85. The third-order valence-corrected chi connectivity index (χ3v) is 5.63. The highest BCUT2D eigenvalue weighted by Crippen LogP contribution is 2.28. The van der Waals surface area contributed by atoms with Crippen molar-refractivity contribution in [2.45, 2.75) is 32.4 Å². The molecular weight excluding hydrogens is 430 g/mol. The molecule has 3 aromatic rings. The first kappa shape index (κ1) is 25.1. The molecule has 0 saturated carbocycles. The first-order chi connectivity index (χ1) is 16.4. The molecule has 0 fully saturated rings. The predicted octanol–water partition coefficient (Wildman–Crippen LogP) is 4.65. The van der Waals surface area contributed by atoms with Crippen LogP contribution in [-0.4, -0.2) is 44.5 Å². The Balaban J connectivity index is 1.95. The normalized spacial score (nSPS) is 11.6. The van der Waals surface area contributed by atoms with Gasteiger partial charge in [-0.15, -0.1) is 0 Å². The zero-order valence-electron chi connectivity index (χ0n) is 20.3. The van der Waals surface area contributed by atoms with Crippen LogP contribution in [0.2, 0.25) is 0 Å². The van der Waals surface area contributed by atoms with E-state index in [-0.39, 0.29) is 24.3 Å². The summed E-state index contributed by atoms with van der Waals surface area (Å²) in [6.07, 6.45) is 2.30. The predicted molar refractivity (Wildman–Crippen MR) is 134 cm³/mol. The molecule has 0 unspecified atom stereocenters. The maximum atomic E-state index is 13.8. The van der Waals surface area contributed by atoms with Crippen LogP contribution < -0.4 is 10.2 Å². The second-order valence-corrected chi connectivity index (χ2v) is 8.36. The van der Waals surface area contributed by atoms with E-state index in [1.807, 2.05) is 91.5 Å². The smallest absolute Gasteiger partial charge is 0.250 e. The number of amides is 2. The second kappa shape index (κ2) is 12.0. The van der Waals surface area contributed by atoms with Gasteiger partial charge < -0.3 is 24.3 Å². The highest BCUT2D eigenvalue weighted by Gasteiger charge is 2.26. The molecule has 0 aliphatic rings. The Morgan fingerprint density at radius 2 is 1.79 bits per heavy atom. The van der Waals surface area contributed by atoms with Crippen molar-refractivity contribution in [2.75, 3.05) is 38.0 Å². The molecule has 1 aromatic heterocycles. The van der Waals surface area contributed by atoms with Crippen LogP contribution in [-0.2, 0) is 27.4 Å². The fraction of sp³-hybridized carbons (Fsp3) is 0.333. The quantitative estimate of drug-likeness (QED) is 0.448. The van der Waals surface area contributed by atoms with Crippen LogP contribution in [0.15, 0.2) is 71.3 Å². The highest BCUT2D eigenvalue weighted by atomic mass is 16.5. The minimum Gasteiger partial charge on any atom is -0.467 e. The van der Waals surface area contributed by atoms with Gasteiger partial charge in [0.2, 0.25) is 11.8 Å². The number of carbonyl (C=O) groups is 2. The van der Waals surface area contributed by atoms with Gasteiger partial charge in [0.15, 0.2) is 0 Å². The lowest BCUT2D eigenvalue weighted by molar-refractivity contribution is -0.134. The summed E-state index contributed by atoms with van der Waals surface area (Å²) in [6, 6.07) is 19.3. The lowest BCUT2D eigenvalue weighted by Gasteiger charge is -2.29. The molecule has 0 bridgehead atoms. The number of anilines is 2. The molecule has 1 heterocycles. The van der Waals surface area contributed by atoms with Gasteiger partial charge in [0.1, 0.15) is 12.4 Å². The van der Waals surface area contributed by atoms with E-state index >= 15 is 0 Å². The molecule has 7 nitrogen and oxygen atoms in total. The number of benzene rings is 2. The van der Waals surface area contributed by atoms with Crippen LogP contribution >= 0.6 is 0 Å². The average molecular weight is 464 g/mol. The SMILES string of the molecule is CC[C@@H](C(=O)N(Cc1ccco1)Cc1cc(NC(=O)COC)ccc1N(C)C)c1ccccc1. The standard InChI is InChI=1S/C27H33N3O4/c1-5-24(20-10-7-6-8-11-20)27(32)30(18-23-12-9-15-34-23)17-21-16-22(28-26(31)19-33-4)13-14-25(21)29(2)3/h6-16,24H,5,17-19H2,1-4H3,(H,28,31)/t24-/m1/s1. The number of rotatable bonds is 11. The molecule has 0 saturated heterocycles. The van der Waals surface area contributed by atoms with E-state index in [2.05, 4.69) is 5.32 Å². The second-order valence-electron chi connectivity index (χ2n) is 8.36. The van der Waals surface area contributed by atoms with E-state index in [1.54, 1.807) is 6.26 Å². The molecule has 2 amide bonds. The number of nitrogens with zero attached hydrogens (tertiary/aromatic N) is 2. The van der Waals surface area contributed by atoms with E-state index in [0.29, 0.717) is 31.0 Å². The van der Waals surface area contributed by atoms with E-state index in [0.717, 1.165) is 16.8 Å². The van der Waals surface area contributed by atoms with E-state index in [9.17, 15) is 9.59 Å². The molecule has 180 valence electrons. The van der Waals surface area contributed by atoms with E-state index in [1.165, 1.54) is 7.11 Å². The van der Waals surface area contributed by atoms with Crippen molar-refractivity contribution in [3.63, 3.8) is 0 Å². The van der Waals surface area contributed by atoms with Crippen molar-refractivity contribution >= 4 is 23.2 Å². The van der Waals surface area contributed by atoms with E-state index < -0.39 is 0 Å². The molecule has 7 heteroatoms. The van der Waals surface area contributed by atoms with Gasteiger partial charge in [0, 0.05) is 39.1 Å². The van der Waals surface area contributed by atoms with Crippen LogP contribution in [0.5, 0.6) is 0 Å². The summed E-state index contributed by atoms with van der Waals surface area (Å²) in [4.78, 5) is 29.7. The summed E-state index contributed by atoms with van der Waals surface area (Å²) in [5.41, 5.74) is 3.54. The molecule has 0 spiro atoms. The van der Waals surface area contributed by atoms with Gasteiger partial charge in [-0.05, 0) is 47.9 Å². The maximum absolute atomic E-state index is 13.8. The number of hydrogen-bond donors (Lipinski definition) is 1. The third kappa shape index (κ3) is 6.48. The van der Waals surface area contributed by atoms with Crippen molar-refractivity contribution in [2.24, 2.45) is 0 Å². The van der Waals surface area contributed by atoms with Crippen LogP contribution in [0.1, 0.15) is 36.1 Å². The summed E-state index contributed by atoms with van der Waals surface area (Å²) >= 11 is 0. The van der Waals surface area contributed by atoms with Gasteiger partial charge in [0.25, 0.3) is 0 Å². The lowest BCUT2D eigenvalue weighted by Crippen LogP contribution is -2.34. The summed E-state index contributed by atoms with van der Waals surface area (Å²) in [7, 11) is 5.40. The monoisotopic (exact) mass is 463 g/mol. The summed E-state index contributed by atoms with van der Waals surface area (Å²) in [6.45, 7) is 2.72. The van der Waals surface area contributed by atoms with Gasteiger partial charge in [0.05, 0.1) is 18.7 Å². The van der Waals surface area contributed by atoms with Crippen molar-refractivity contribution in [3.8, 4) is 0 Å². The Morgan fingerprint density at radius 3 is 2.41 bits per heavy atom.